The first kappa shape index (κ1) is 14.8. The zero-order valence-electron chi connectivity index (χ0n) is 11.8. The highest BCUT2D eigenvalue weighted by Crippen LogP contribution is 2.37. The summed E-state index contributed by atoms with van der Waals surface area (Å²) in [5.41, 5.74) is 0.0942. The lowest BCUT2D eigenvalue weighted by molar-refractivity contribution is 0.213. The van der Waals surface area contributed by atoms with Crippen LogP contribution in [0.3, 0.4) is 0 Å². The van der Waals surface area contributed by atoms with E-state index in [1.807, 2.05) is 13.1 Å². The van der Waals surface area contributed by atoms with Crippen LogP contribution in [0.4, 0.5) is 4.39 Å². The number of hydrogen-bond donors (Lipinski definition) is 1. The Kier molecular flexibility index (Phi) is 4.96. The van der Waals surface area contributed by atoms with Crippen LogP contribution in [0.25, 0.3) is 0 Å². The molecule has 18 heavy (non-hydrogen) atoms. The topological polar surface area (TPSA) is 30.5 Å². The molecule has 0 atom stereocenters. The maximum Gasteiger partial charge on any atom is 0.134 e. The summed E-state index contributed by atoms with van der Waals surface area (Å²) >= 11 is 0. The Hall–Kier alpha value is -1.29. The van der Waals surface area contributed by atoms with Gasteiger partial charge < -0.3 is 14.8 Å². The fourth-order valence-electron chi connectivity index (χ4n) is 1.88. The third-order valence-corrected chi connectivity index (χ3v) is 2.89. The molecule has 0 spiro atoms. The third-order valence-electron chi connectivity index (χ3n) is 2.89. The molecule has 1 rings (SSSR count). The molecular formula is C14H22FNO2. The lowest BCUT2D eigenvalue weighted by Gasteiger charge is -2.21. The molecule has 0 saturated heterocycles. The average molecular weight is 255 g/mol. The summed E-state index contributed by atoms with van der Waals surface area (Å²) in [7, 11) is 5.03. The normalized spacial score (nSPS) is 11.4. The summed E-state index contributed by atoms with van der Waals surface area (Å²) in [5.74, 6) is 1.25. The van der Waals surface area contributed by atoms with Crippen molar-refractivity contribution in [1.82, 2.24) is 5.32 Å². The molecule has 3 nitrogen and oxygen atoms in total. The summed E-state index contributed by atoms with van der Waals surface area (Å²) in [6.07, 6.45) is 0.784. The van der Waals surface area contributed by atoms with Crippen LogP contribution in [0.2, 0.25) is 0 Å². The highest BCUT2D eigenvalue weighted by molar-refractivity contribution is 5.49. The van der Waals surface area contributed by atoms with E-state index in [4.69, 9.17) is 9.47 Å². The minimum atomic E-state index is -1.44. The Morgan fingerprint density at radius 3 is 2.22 bits per heavy atom. The van der Waals surface area contributed by atoms with Crippen LogP contribution in [-0.4, -0.2) is 27.8 Å². The Morgan fingerprint density at radius 1 is 1.17 bits per heavy atom. The molecule has 1 aromatic rings. The molecule has 0 radical (unpaired) electrons. The molecule has 1 N–H and O–H groups in total. The van der Waals surface area contributed by atoms with E-state index in [2.05, 4.69) is 5.32 Å². The van der Waals surface area contributed by atoms with E-state index in [-0.39, 0.29) is 0 Å². The molecule has 0 amide bonds. The first-order valence-corrected chi connectivity index (χ1v) is 6.03. The maximum atomic E-state index is 14.2. The predicted molar refractivity (Wildman–Crippen MR) is 71.3 cm³/mol. The number of likely N-dealkylation sites (N-methyl/N-ethyl adjacent to an activating group) is 1. The van der Waals surface area contributed by atoms with Crippen molar-refractivity contribution >= 4 is 0 Å². The maximum absolute atomic E-state index is 14.2. The lowest BCUT2D eigenvalue weighted by atomic mass is 9.95. The van der Waals surface area contributed by atoms with E-state index in [1.165, 1.54) is 21.0 Å². The van der Waals surface area contributed by atoms with Gasteiger partial charge in [-0.15, -0.1) is 0 Å². The number of rotatable bonds is 6. The van der Waals surface area contributed by atoms with Crippen molar-refractivity contribution in [2.45, 2.75) is 25.9 Å². The summed E-state index contributed by atoms with van der Waals surface area (Å²) in [5, 5.41) is 3.07. The number of halogens is 1. The van der Waals surface area contributed by atoms with Crippen molar-refractivity contribution in [3.05, 3.63) is 23.3 Å². The summed E-state index contributed by atoms with van der Waals surface area (Å²) in [6.45, 7) is 3.87. The zero-order valence-corrected chi connectivity index (χ0v) is 11.8. The van der Waals surface area contributed by atoms with Gasteiger partial charge in [-0.05, 0) is 45.5 Å². The lowest BCUT2D eigenvalue weighted by Crippen LogP contribution is -2.15. The SMILES string of the molecule is CNCCc1cc(C(C)(C)F)c(OC)cc1OC. The molecule has 0 aliphatic rings. The van der Waals surface area contributed by atoms with Gasteiger partial charge in [0.1, 0.15) is 17.2 Å². The quantitative estimate of drug-likeness (QED) is 0.847. The standard InChI is InChI=1S/C14H22FNO2/c1-14(2,15)11-8-10(6-7-16-3)12(17-4)9-13(11)18-5/h8-9,16H,6-7H2,1-5H3. The summed E-state index contributed by atoms with van der Waals surface area (Å²) in [6, 6.07) is 3.58. The van der Waals surface area contributed by atoms with Crippen molar-refractivity contribution in [3.8, 4) is 11.5 Å². The number of methoxy groups -OCH3 is 2. The van der Waals surface area contributed by atoms with Crippen LogP contribution >= 0.6 is 0 Å². The third kappa shape index (κ3) is 3.35. The Bertz CT molecular complexity index is 400. The van der Waals surface area contributed by atoms with Gasteiger partial charge in [-0.25, -0.2) is 4.39 Å². The molecule has 0 saturated carbocycles. The predicted octanol–water partition coefficient (Wildman–Crippen LogP) is 2.67. The first-order valence-electron chi connectivity index (χ1n) is 6.03. The molecule has 0 heterocycles. The second-order valence-corrected chi connectivity index (χ2v) is 4.69. The average Bonchev–Trinajstić information content (AvgIpc) is 2.34. The van der Waals surface area contributed by atoms with Gasteiger partial charge in [0, 0.05) is 11.6 Å². The van der Waals surface area contributed by atoms with Crippen LogP contribution in [0.5, 0.6) is 11.5 Å². The first-order chi connectivity index (χ1) is 8.43. The van der Waals surface area contributed by atoms with E-state index in [0.29, 0.717) is 11.3 Å². The monoisotopic (exact) mass is 255 g/mol. The van der Waals surface area contributed by atoms with Crippen molar-refractivity contribution in [2.24, 2.45) is 0 Å². The molecule has 0 aliphatic heterocycles. The van der Waals surface area contributed by atoms with Gasteiger partial charge in [0.05, 0.1) is 14.2 Å². The minimum absolute atomic E-state index is 0.521. The molecule has 0 aliphatic carbocycles. The van der Waals surface area contributed by atoms with Crippen LogP contribution in [0, 0.1) is 0 Å². The highest BCUT2D eigenvalue weighted by atomic mass is 19.1. The van der Waals surface area contributed by atoms with Crippen LogP contribution in [-0.2, 0) is 12.1 Å². The fourth-order valence-corrected chi connectivity index (χ4v) is 1.88. The Morgan fingerprint density at radius 2 is 1.78 bits per heavy atom. The summed E-state index contributed by atoms with van der Waals surface area (Å²) < 4.78 is 24.7. The van der Waals surface area contributed by atoms with Gasteiger partial charge >= 0.3 is 0 Å². The van der Waals surface area contributed by atoms with Crippen molar-refractivity contribution in [2.75, 3.05) is 27.8 Å². The van der Waals surface area contributed by atoms with E-state index in [9.17, 15) is 4.39 Å². The van der Waals surface area contributed by atoms with E-state index < -0.39 is 5.67 Å². The molecule has 0 fully saturated rings. The van der Waals surface area contributed by atoms with Gasteiger partial charge in [0.15, 0.2) is 0 Å². The van der Waals surface area contributed by atoms with Gasteiger partial charge in [0.2, 0.25) is 0 Å². The number of nitrogens with one attached hydrogen (secondary N) is 1. The fraction of sp³-hybridized carbons (Fsp3) is 0.571. The van der Waals surface area contributed by atoms with Crippen LogP contribution in [0.15, 0.2) is 12.1 Å². The highest BCUT2D eigenvalue weighted by Gasteiger charge is 2.25. The van der Waals surface area contributed by atoms with Gasteiger partial charge in [-0.2, -0.15) is 0 Å². The van der Waals surface area contributed by atoms with Crippen molar-refractivity contribution in [3.63, 3.8) is 0 Å². The number of ether oxygens (including phenoxy) is 2. The van der Waals surface area contributed by atoms with E-state index in [1.54, 1.807) is 13.2 Å². The van der Waals surface area contributed by atoms with Crippen LogP contribution < -0.4 is 14.8 Å². The molecular weight excluding hydrogens is 233 g/mol. The molecule has 0 unspecified atom stereocenters. The molecule has 0 aromatic heterocycles. The molecule has 4 heteroatoms. The molecule has 0 bridgehead atoms. The van der Waals surface area contributed by atoms with Gasteiger partial charge in [-0.1, -0.05) is 0 Å². The largest absolute Gasteiger partial charge is 0.496 e. The number of benzene rings is 1. The Labute approximate surface area is 108 Å². The van der Waals surface area contributed by atoms with E-state index >= 15 is 0 Å². The second-order valence-electron chi connectivity index (χ2n) is 4.69. The molecule has 1 aromatic carbocycles. The van der Waals surface area contributed by atoms with Crippen molar-refractivity contribution < 1.29 is 13.9 Å². The minimum Gasteiger partial charge on any atom is -0.496 e. The smallest absolute Gasteiger partial charge is 0.134 e. The van der Waals surface area contributed by atoms with Crippen molar-refractivity contribution in [1.29, 1.82) is 0 Å². The second kappa shape index (κ2) is 6.05. The van der Waals surface area contributed by atoms with Gasteiger partial charge in [0.25, 0.3) is 0 Å². The van der Waals surface area contributed by atoms with Crippen LogP contribution in [0.1, 0.15) is 25.0 Å². The zero-order chi connectivity index (χ0) is 13.8. The summed E-state index contributed by atoms with van der Waals surface area (Å²) in [4.78, 5) is 0. The number of alkyl halides is 1. The van der Waals surface area contributed by atoms with E-state index in [0.717, 1.165) is 24.3 Å². The number of hydrogen-bond acceptors (Lipinski definition) is 3. The van der Waals surface area contributed by atoms with Gasteiger partial charge in [-0.3, -0.25) is 0 Å². The molecule has 102 valence electrons. The Balaban J connectivity index is 3.25.